The molecule has 1 saturated heterocycles. The molecule has 0 aromatic heterocycles. The summed E-state index contributed by atoms with van der Waals surface area (Å²) in [5, 5.41) is 10.1. The van der Waals surface area contributed by atoms with Gasteiger partial charge in [-0.05, 0) is 63.3 Å². The number of rotatable bonds is 17. The van der Waals surface area contributed by atoms with E-state index in [0.717, 1.165) is 17.9 Å². The fourth-order valence-corrected chi connectivity index (χ4v) is 5.22. The van der Waals surface area contributed by atoms with Crippen molar-refractivity contribution in [2.75, 3.05) is 26.2 Å². The number of amides is 5. The Hall–Kier alpha value is -2.67. The predicted octanol–water partition coefficient (Wildman–Crippen LogP) is 1.18. The molecule has 0 aromatic carbocycles. The molecule has 4 atom stereocenters. The van der Waals surface area contributed by atoms with Crippen LogP contribution in [-0.2, 0) is 33.5 Å². The number of carbonyl (C=O) groups is 6. The van der Waals surface area contributed by atoms with Gasteiger partial charge in [0.25, 0.3) is 0 Å². The van der Waals surface area contributed by atoms with E-state index in [2.05, 4.69) is 33.9 Å². The normalized spacial score (nSPS) is 17.0. The van der Waals surface area contributed by atoms with Gasteiger partial charge in [-0.1, -0.05) is 41.5 Å². The molecule has 0 radical (unpaired) electrons. The van der Waals surface area contributed by atoms with Crippen molar-refractivity contribution in [2.45, 2.75) is 104 Å². The average molecular weight is 614 g/mol. The highest BCUT2D eigenvalue weighted by atomic mass is 32.1. The molecule has 1 aliphatic heterocycles. The maximum atomic E-state index is 13.6. The fraction of sp³-hybridized carbons (Fsp3) is 0.793. The van der Waals surface area contributed by atoms with Gasteiger partial charge in [-0.15, -0.1) is 0 Å². The van der Waals surface area contributed by atoms with Crippen molar-refractivity contribution in [2.24, 2.45) is 17.8 Å². The Morgan fingerprint density at radius 1 is 0.881 bits per heavy atom. The van der Waals surface area contributed by atoms with E-state index < -0.39 is 60.0 Å². The molecule has 0 aromatic rings. The zero-order valence-corrected chi connectivity index (χ0v) is 27.1. The van der Waals surface area contributed by atoms with Crippen LogP contribution in [-0.4, -0.2) is 90.0 Å². The quantitative estimate of drug-likeness (QED) is 0.121. The van der Waals surface area contributed by atoms with Crippen LogP contribution in [0.3, 0.4) is 0 Å². The SMILES string of the molecule is CCOC(=O)CNC(=O)[C@H](CC(C)C)N(C(=O)CNC(=O)[C@H](CC(C)C)NC(=O)[C@@H]1CCCN1)C(=O)C(S)CC(C)C. The highest BCUT2D eigenvalue weighted by Crippen LogP contribution is 2.19. The predicted molar refractivity (Wildman–Crippen MR) is 162 cm³/mol. The Morgan fingerprint density at radius 2 is 1.48 bits per heavy atom. The van der Waals surface area contributed by atoms with Gasteiger partial charge in [0.2, 0.25) is 29.5 Å². The van der Waals surface area contributed by atoms with Crippen molar-refractivity contribution in [1.82, 2.24) is 26.2 Å². The highest BCUT2D eigenvalue weighted by Gasteiger charge is 2.38. The maximum absolute atomic E-state index is 13.6. The van der Waals surface area contributed by atoms with Gasteiger partial charge in [0, 0.05) is 0 Å². The number of esters is 1. The summed E-state index contributed by atoms with van der Waals surface area (Å²) in [6.07, 6.45) is 2.37. The summed E-state index contributed by atoms with van der Waals surface area (Å²) in [5.41, 5.74) is 0. The number of hydrogen-bond acceptors (Lipinski definition) is 9. The molecule has 12 nitrogen and oxygen atoms in total. The zero-order valence-electron chi connectivity index (χ0n) is 26.2. The van der Waals surface area contributed by atoms with Gasteiger partial charge in [-0.2, -0.15) is 12.6 Å². The third kappa shape index (κ3) is 13.1. The Bertz CT molecular complexity index is 937. The number of hydrogen-bond donors (Lipinski definition) is 5. The summed E-state index contributed by atoms with van der Waals surface area (Å²) >= 11 is 4.43. The Kier molecular flexibility index (Phi) is 16.7. The molecule has 0 saturated carbocycles. The first-order valence-corrected chi connectivity index (χ1v) is 15.5. The second kappa shape index (κ2) is 18.8. The van der Waals surface area contributed by atoms with Crippen LogP contribution >= 0.6 is 12.6 Å². The van der Waals surface area contributed by atoms with E-state index in [0.29, 0.717) is 19.3 Å². The largest absolute Gasteiger partial charge is 0.465 e. The summed E-state index contributed by atoms with van der Waals surface area (Å²) < 4.78 is 4.87. The Labute approximate surface area is 255 Å². The molecule has 13 heteroatoms. The van der Waals surface area contributed by atoms with E-state index >= 15 is 0 Å². The van der Waals surface area contributed by atoms with Gasteiger partial charge in [-0.3, -0.25) is 33.7 Å². The van der Waals surface area contributed by atoms with E-state index in [9.17, 15) is 28.8 Å². The molecule has 42 heavy (non-hydrogen) atoms. The summed E-state index contributed by atoms with van der Waals surface area (Å²) in [7, 11) is 0. The van der Waals surface area contributed by atoms with Crippen LogP contribution in [0.25, 0.3) is 0 Å². The van der Waals surface area contributed by atoms with Crippen LogP contribution < -0.4 is 21.3 Å². The number of imide groups is 1. The van der Waals surface area contributed by atoms with E-state index in [4.69, 9.17) is 4.74 Å². The monoisotopic (exact) mass is 613 g/mol. The second-order valence-corrected chi connectivity index (χ2v) is 12.6. The average Bonchev–Trinajstić information content (AvgIpc) is 3.44. The minimum atomic E-state index is -1.24. The summed E-state index contributed by atoms with van der Waals surface area (Å²) in [6, 6.07) is -2.49. The van der Waals surface area contributed by atoms with E-state index in [1.165, 1.54) is 0 Å². The molecular weight excluding hydrogens is 562 g/mol. The van der Waals surface area contributed by atoms with Crippen molar-refractivity contribution >= 4 is 48.1 Å². The Morgan fingerprint density at radius 3 is 2.00 bits per heavy atom. The lowest BCUT2D eigenvalue weighted by Crippen LogP contribution is -2.58. The van der Waals surface area contributed by atoms with Gasteiger partial charge < -0.3 is 26.0 Å². The van der Waals surface area contributed by atoms with E-state index in [1.54, 1.807) is 6.92 Å². The van der Waals surface area contributed by atoms with Crippen molar-refractivity contribution in [3.63, 3.8) is 0 Å². The topological polar surface area (TPSA) is 163 Å². The van der Waals surface area contributed by atoms with Crippen LogP contribution in [0.2, 0.25) is 0 Å². The van der Waals surface area contributed by atoms with Crippen molar-refractivity contribution in [3.8, 4) is 0 Å². The first-order chi connectivity index (χ1) is 19.7. The lowest BCUT2D eigenvalue weighted by atomic mass is 9.99. The van der Waals surface area contributed by atoms with Crippen LogP contribution in [0.5, 0.6) is 0 Å². The number of nitrogens with zero attached hydrogens (tertiary/aromatic N) is 1. The molecule has 240 valence electrons. The van der Waals surface area contributed by atoms with E-state index in [1.807, 2.05) is 41.5 Å². The molecule has 1 unspecified atom stereocenters. The summed E-state index contributed by atoms with van der Waals surface area (Å²) in [4.78, 5) is 79.1. The number of thiol groups is 1. The molecule has 1 aliphatic rings. The minimum Gasteiger partial charge on any atom is -0.465 e. The van der Waals surface area contributed by atoms with Crippen LogP contribution in [0.1, 0.15) is 80.6 Å². The van der Waals surface area contributed by atoms with Gasteiger partial charge in [-0.25, -0.2) is 0 Å². The Balaban J connectivity index is 3.18. The number of nitrogens with one attached hydrogen (secondary N) is 4. The van der Waals surface area contributed by atoms with Gasteiger partial charge in [0.05, 0.1) is 24.4 Å². The lowest BCUT2D eigenvalue weighted by Gasteiger charge is -2.32. The van der Waals surface area contributed by atoms with Crippen LogP contribution in [0.15, 0.2) is 0 Å². The van der Waals surface area contributed by atoms with E-state index in [-0.39, 0.29) is 42.7 Å². The molecule has 0 aliphatic carbocycles. The molecule has 1 rings (SSSR count). The van der Waals surface area contributed by atoms with Crippen molar-refractivity contribution in [3.05, 3.63) is 0 Å². The molecule has 4 N–H and O–H groups in total. The smallest absolute Gasteiger partial charge is 0.325 e. The first-order valence-electron chi connectivity index (χ1n) is 15.0. The zero-order chi connectivity index (χ0) is 32.0. The van der Waals surface area contributed by atoms with Gasteiger partial charge in [0.1, 0.15) is 18.6 Å². The summed E-state index contributed by atoms with van der Waals surface area (Å²) in [5.74, 6) is -3.57. The number of carbonyl (C=O) groups excluding carboxylic acids is 6. The fourth-order valence-electron chi connectivity index (χ4n) is 4.68. The van der Waals surface area contributed by atoms with Crippen molar-refractivity contribution < 1.29 is 33.5 Å². The molecule has 1 heterocycles. The third-order valence-electron chi connectivity index (χ3n) is 6.64. The van der Waals surface area contributed by atoms with Gasteiger partial charge in [0.15, 0.2) is 0 Å². The molecule has 0 bridgehead atoms. The second-order valence-electron chi connectivity index (χ2n) is 12.0. The molecule has 5 amide bonds. The minimum absolute atomic E-state index is 0.0749. The highest BCUT2D eigenvalue weighted by molar-refractivity contribution is 7.81. The maximum Gasteiger partial charge on any atom is 0.325 e. The lowest BCUT2D eigenvalue weighted by molar-refractivity contribution is -0.153. The molecular formula is C29H51N5O7S. The molecule has 0 spiro atoms. The van der Waals surface area contributed by atoms with Crippen LogP contribution in [0.4, 0.5) is 0 Å². The third-order valence-corrected chi connectivity index (χ3v) is 7.07. The molecule has 1 fully saturated rings. The van der Waals surface area contributed by atoms with Crippen molar-refractivity contribution in [1.29, 1.82) is 0 Å². The first kappa shape index (κ1) is 37.4. The van der Waals surface area contributed by atoms with Gasteiger partial charge >= 0.3 is 5.97 Å². The summed E-state index contributed by atoms with van der Waals surface area (Å²) in [6.45, 7) is 12.8. The van der Waals surface area contributed by atoms with Crippen LogP contribution in [0, 0.1) is 17.8 Å². The number of ether oxygens (including phenoxy) is 1. The standard InChI is InChI=1S/C29H51N5O7S/c1-8-41-25(36)16-32-28(39)22(13-18(4)5)34(29(40)23(42)14-19(6)7)24(35)15-31-26(37)21(12-17(2)3)33-27(38)20-10-9-11-30-20/h17-23,30,42H,8-16H2,1-7H3,(H,31,37)(H,32,39)(H,33,38)/t20-,21-,22-,23?/m0/s1.